The molecule has 206 valence electrons. The van der Waals surface area contributed by atoms with Crippen LogP contribution in [0.25, 0.3) is 10.9 Å². The van der Waals surface area contributed by atoms with Crippen molar-refractivity contribution in [2.45, 2.75) is 66.2 Å². The van der Waals surface area contributed by atoms with Gasteiger partial charge in [0, 0.05) is 24.2 Å². The van der Waals surface area contributed by atoms with Crippen molar-refractivity contribution in [3.05, 3.63) is 41.8 Å². The number of primary amides is 1. The van der Waals surface area contributed by atoms with Crippen LogP contribution in [0, 0.1) is 11.7 Å². The van der Waals surface area contributed by atoms with Gasteiger partial charge in [0.2, 0.25) is 0 Å². The highest BCUT2D eigenvalue weighted by atomic mass is 19.1. The SMILES string of the molecule is CCOC[C@@H](Nc1nc(Nc2ccc3c(cnn3CC)c2)c(C(N)=O)cc1F)[C@H](C)CC(=O)OC(C)(C)C. The number of amides is 1. The summed E-state index contributed by atoms with van der Waals surface area (Å²) in [4.78, 5) is 28.9. The number of rotatable bonds is 12. The lowest BCUT2D eigenvalue weighted by Crippen LogP contribution is -2.36. The summed E-state index contributed by atoms with van der Waals surface area (Å²) in [5.74, 6) is -2.22. The quantitative estimate of drug-likeness (QED) is 0.290. The van der Waals surface area contributed by atoms with Gasteiger partial charge >= 0.3 is 5.97 Å². The van der Waals surface area contributed by atoms with Gasteiger partial charge in [0.05, 0.1) is 36.3 Å². The minimum Gasteiger partial charge on any atom is -0.460 e. The molecule has 0 aliphatic rings. The van der Waals surface area contributed by atoms with Gasteiger partial charge in [0.15, 0.2) is 11.6 Å². The number of halogens is 1. The predicted molar refractivity (Wildman–Crippen MR) is 145 cm³/mol. The molecule has 0 unspecified atom stereocenters. The number of nitrogens with zero attached hydrogens (tertiary/aromatic N) is 3. The molecule has 0 aliphatic heterocycles. The monoisotopic (exact) mass is 528 g/mol. The second kappa shape index (κ2) is 12.2. The number of aryl methyl sites for hydroxylation is 1. The first-order valence-electron chi connectivity index (χ1n) is 12.7. The summed E-state index contributed by atoms with van der Waals surface area (Å²) in [7, 11) is 0. The van der Waals surface area contributed by atoms with Crippen LogP contribution in [0.2, 0.25) is 0 Å². The number of fused-ring (bicyclic) bond motifs is 1. The smallest absolute Gasteiger partial charge is 0.306 e. The standard InChI is InChI=1S/C27H37FN6O4/c1-7-34-22-10-9-18(12-17(22)14-30-34)31-25-19(24(29)36)13-20(28)26(33-25)32-21(15-37-8-2)16(3)11-23(35)38-27(4,5)6/h9-10,12-14,16,21H,7-8,11,15H2,1-6H3,(H2,29,36)(H2,31,32,33)/t16-,21-/m1/s1. The second-order valence-electron chi connectivity index (χ2n) is 10.1. The van der Waals surface area contributed by atoms with E-state index in [1.54, 1.807) is 27.0 Å². The van der Waals surface area contributed by atoms with Crippen molar-refractivity contribution in [3.63, 3.8) is 0 Å². The zero-order valence-corrected chi connectivity index (χ0v) is 22.8. The van der Waals surface area contributed by atoms with Gasteiger partial charge in [-0.05, 0) is 64.8 Å². The molecule has 11 heteroatoms. The Hall–Kier alpha value is -3.73. The summed E-state index contributed by atoms with van der Waals surface area (Å²) in [6.07, 6.45) is 1.84. The zero-order chi connectivity index (χ0) is 28.0. The molecule has 0 fully saturated rings. The summed E-state index contributed by atoms with van der Waals surface area (Å²) in [6.45, 7) is 12.5. The van der Waals surface area contributed by atoms with Crippen LogP contribution < -0.4 is 16.4 Å². The highest BCUT2D eigenvalue weighted by Gasteiger charge is 2.26. The van der Waals surface area contributed by atoms with E-state index in [2.05, 4.69) is 20.7 Å². The molecule has 1 amide bonds. The maximum atomic E-state index is 15.1. The Bertz CT molecular complexity index is 1290. The number of aromatic nitrogens is 3. The fraction of sp³-hybridized carbons (Fsp3) is 0.481. The van der Waals surface area contributed by atoms with Crippen molar-refractivity contribution < 1.29 is 23.5 Å². The van der Waals surface area contributed by atoms with Crippen LogP contribution >= 0.6 is 0 Å². The first-order chi connectivity index (χ1) is 17.9. The number of ether oxygens (including phenoxy) is 2. The van der Waals surface area contributed by atoms with E-state index in [1.165, 1.54) is 0 Å². The lowest BCUT2D eigenvalue weighted by molar-refractivity contribution is -0.156. The fourth-order valence-electron chi connectivity index (χ4n) is 3.98. The number of anilines is 3. The first-order valence-corrected chi connectivity index (χ1v) is 12.7. The topological polar surface area (TPSA) is 133 Å². The van der Waals surface area contributed by atoms with Gasteiger partial charge in [-0.2, -0.15) is 5.10 Å². The third-order valence-electron chi connectivity index (χ3n) is 5.86. The molecular formula is C27H37FN6O4. The van der Waals surface area contributed by atoms with Crippen LogP contribution in [0.4, 0.5) is 21.7 Å². The Kier molecular flexibility index (Phi) is 9.26. The van der Waals surface area contributed by atoms with Crippen molar-refractivity contribution >= 4 is 40.1 Å². The number of hydrogen-bond acceptors (Lipinski definition) is 8. The summed E-state index contributed by atoms with van der Waals surface area (Å²) >= 11 is 0. The predicted octanol–water partition coefficient (Wildman–Crippen LogP) is 4.62. The third kappa shape index (κ3) is 7.41. The molecule has 2 atom stereocenters. The van der Waals surface area contributed by atoms with Crippen molar-refractivity contribution in [2.24, 2.45) is 11.7 Å². The molecule has 10 nitrogen and oxygen atoms in total. The van der Waals surface area contributed by atoms with Gasteiger partial charge in [-0.25, -0.2) is 9.37 Å². The van der Waals surface area contributed by atoms with Gasteiger partial charge in [-0.3, -0.25) is 14.3 Å². The maximum Gasteiger partial charge on any atom is 0.306 e. The summed E-state index contributed by atoms with van der Waals surface area (Å²) in [5.41, 5.74) is 6.41. The van der Waals surface area contributed by atoms with Crippen molar-refractivity contribution in [1.82, 2.24) is 14.8 Å². The number of esters is 1. The average Bonchev–Trinajstić information content (AvgIpc) is 3.24. The van der Waals surface area contributed by atoms with E-state index in [0.29, 0.717) is 12.3 Å². The van der Waals surface area contributed by atoms with E-state index in [1.807, 2.05) is 43.7 Å². The van der Waals surface area contributed by atoms with Crippen LogP contribution in [0.1, 0.15) is 58.3 Å². The minimum atomic E-state index is -0.825. The van der Waals surface area contributed by atoms with Crippen LogP contribution in [-0.2, 0) is 20.8 Å². The Labute approximate surface area is 222 Å². The second-order valence-corrected chi connectivity index (χ2v) is 10.1. The van der Waals surface area contributed by atoms with Crippen LogP contribution in [0.15, 0.2) is 30.5 Å². The summed E-state index contributed by atoms with van der Waals surface area (Å²) in [5, 5.41) is 11.4. The Balaban J connectivity index is 1.89. The van der Waals surface area contributed by atoms with Gasteiger partial charge < -0.3 is 25.8 Å². The molecular weight excluding hydrogens is 491 g/mol. The van der Waals surface area contributed by atoms with E-state index in [4.69, 9.17) is 15.2 Å². The number of nitrogens with two attached hydrogens (primary N) is 1. The van der Waals surface area contributed by atoms with Gasteiger partial charge in [0.1, 0.15) is 11.4 Å². The molecule has 0 radical (unpaired) electrons. The molecule has 4 N–H and O–H groups in total. The lowest BCUT2D eigenvalue weighted by atomic mass is 9.98. The Morgan fingerprint density at radius 1 is 1.18 bits per heavy atom. The van der Waals surface area contributed by atoms with Crippen molar-refractivity contribution in [1.29, 1.82) is 0 Å². The van der Waals surface area contributed by atoms with E-state index in [-0.39, 0.29) is 42.1 Å². The minimum absolute atomic E-state index is 0.0959. The van der Waals surface area contributed by atoms with Gasteiger partial charge in [0.25, 0.3) is 5.91 Å². The number of carbonyl (C=O) groups is 2. The maximum absolute atomic E-state index is 15.1. The zero-order valence-electron chi connectivity index (χ0n) is 22.8. The number of hydrogen-bond donors (Lipinski definition) is 3. The van der Waals surface area contributed by atoms with E-state index < -0.39 is 23.4 Å². The normalized spacial score (nSPS) is 13.2. The molecule has 38 heavy (non-hydrogen) atoms. The van der Waals surface area contributed by atoms with Gasteiger partial charge in [-0.15, -0.1) is 0 Å². The van der Waals surface area contributed by atoms with Crippen LogP contribution in [0.3, 0.4) is 0 Å². The number of benzene rings is 1. The molecule has 0 saturated heterocycles. The number of nitrogens with one attached hydrogen (secondary N) is 2. The molecule has 0 saturated carbocycles. The molecule has 0 aliphatic carbocycles. The van der Waals surface area contributed by atoms with Crippen molar-refractivity contribution in [2.75, 3.05) is 23.8 Å². The largest absolute Gasteiger partial charge is 0.460 e. The third-order valence-corrected chi connectivity index (χ3v) is 5.86. The molecule has 1 aromatic carbocycles. The number of carbonyl (C=O) groups excluding carboxylic acids is 2. The van der Waals surface area contributed by atoms with Gasteiger partial charge in [-0.1, -0.05) is 6.92 Å². The van der Waals surface area contributed by atoms with Crippen LogP contribution in [0.5, 0.6) is 0 Å². The van der Waals surface area contributed by atoms with E-state index >= 15 is 4.39 Å². The van der Waals surface area contributed by atoms with Crippen LogP contribution in [-0.4, -0.2) is 51.5 Å². The lowest BCUT2D eigenvalue weighted by Gasteiger charge is -2.27. The molecule has 3 aromatic rings. The highest BCUT2D eigenvalue weighted by molar-refractivity contribution is 5.99. The van der Waals surface area contributed by atoms with E-state index in [9.17, 15) is 9.59 Å². The molecule has 0 bridgehead atoms. The van der Waals surface area contributed by atoms with E-state index in [0.717, 1.165) is 23.5 Å². The highest BCUT2D eigenvalue weighted by Crippen LogP contribution is 2.27. The number of pyridine rings is 1. The Morgan fingerprint density at radius 3 is 2.55 bits per heavy atom. The van der Waals surface area contributed by atoms with Crippen molar-refractivity contribution in [3.8, 4) is 0 Å². The Morgan fingerprint density at radius 2 is 1.92 bits per heavy atom. The molecule has 2 heterocycles. The molecule has 3 rings (SSSR count). The average molecular weight is 529 g/mol. The first kappa shape index (κ1) is 28.8. The molecule has 2 aromatic heterocycles. The fourth-order valence-corrected chi connectivity index (χ4v) is 3.98. The molecule has 0 spiro atoms. The summed E-state index contributed by atoms with van der Waals surface area (Å²) in [6, 6.07) is 6.16. The summed E-state index contributed by atoms with van der Waals surface area (Å²) < 4.78 is 28.0.